The predicted octanol–water partition coefficient (Wildman–Crippen LogP) is 2.53. The van der Waals surface area contributed by atoms with E-state index in [0.717, 1.165) is 0 Å². The molecule has 4 heteroatoms. The van der Waals surface area contributed by atoms with Gasteiger partial charge in [0.2, 0.25) is 0 Å². The summed E-state index contributed by atoms with van der Waals surface area (Å²) in [5.41, 5.74) is -1.95. The second-order valence-electron chi connectivity index (χ2n) is 3.75. The molecule has 0 saturated carbocycles. The first-order chi connectivity index (χ1) is 5.07. The Hall–Kier alpha value is 0.620. The van der Waals surface area contributed by atoms with Crippen LogP contribution < -0.4 is 0 Å². The van der Waals surface area contributed by atoms with Crippen LogP contribution in [0.25, 0.3) is 0 Å². The normalized spacial score (nSPS) is 16.0. The standard InChI is InChI=1S/C8H14Br2O2/c1-7(2,11)5(9)6(10)8(3,4)12/h11-12H,1-4H3/b6-5-. The van der Waals surface area contributed by atoms with Crippen molar-refractivity contribution < 1.29 is 10.2 Å². The van der Waals surface area contributed by atoms with Crippen molar-refractivity contribution in [2.24, 2.45) is 0 Å². The monoisotopic (exact) mass is 300 g/mol. The van der Waals surface area contributed by atoms with Gasteiger partial charge in [-0.3, -0.25) is 0 Å². The van der Waals surface area contributed by atoms with Crippen molar-refractivity contribution in [3.05, 3.63) is 8.96 Å². The molecule has 0 aromatic heterocycles. The minimum Gasteiger partial charge on any atom is -0.385 e. The van der Waals surface area contributed by atoms with Crippen LogP contribution in [-0.4, -0.2) is 21.4 Å². The maximum absolute atomic E-state index is 9.57. The molecule has 0 bridgehead atoms. The molecule has 0 atom stereocenters. The van der Waals surface area contributed by atoms with Gasteiger partial charge in [0.05, 0.1) is 11.2 Å². The van der Waals surface area contributed by atoms with E-state index in [0.29, 0.717) is 8.96 Å². The summed E-state index contributed by atoms with van der Waals surface area (Å²) in [5, 5.41) is 19.1. The van der Waals surface area contributed by atoms with Crippen LogP contribution in [-0.2, 0) is 0 Å². The molecule has 0 rings (SSSR count). The molecule has 0 amide bonds. The van der Waals surface area contributed by atoms with Gasteiger partial charge in [-0.2, -0.15) is 0 Å². The molecule has 2 N–H and O–H groups in total. The first kappa shape index (κ1) is 12.6. The molecule has 2 nitrogen and oxygen atoms in total. The molecule has 0 aromatic carbocycles. The van der Waals surface area contributed by atoms with E-state index in [1.807, 2.05) is 0 Å². The van der Waals surface area contributed by atoms with Gasteiger partial charge in [-0.25, -0.2) is 0 Å². The Labute approximate surface area is 89.9 Å². The molecule has 0 spiro atoms. The fourth-order valence-corrected chi connectivity index (χ4v) is 1.51. The lowest BCUT2D eigenvalue weighted by molar-refractivity contribution is 0.110. The first-order valence-corrected chi connectivity index (χ1v) is 5.16. The van der Waals surface area contributed by atoms with E-state index in [9.17, 15) is 10.2 Å². The molecule has 0 radical (unpaired) electrons. The van der Waals surface area contributed by atoms with Crippen molar-refractivity contribution in [3.8, 4) is 0 Å². The zero-order valence-electron chi connectivity index (χ0n) is 7.65. The molecule has 0 heterocycles. The van der Waals surface area contributed by atoms with Crippen molar-refractivity contribution in [2.45, 2.75) is 38.9 Å². The molecule has 0 aliphatic heterocycles. The summed E-state index contributed by atoms with van der Waals surface area (Å²) in [6.07, 6.45) is 0. The van der Waals surface area contributed by atoms with Crippen LogP contribution in [0, 0.1) is 0 Å². The average Bonchev–Trinajstić information content (AvgIpc) is 1.80. The largest absolute Gasteiger partial charge is 0.385 e. The Bertz CT molecular complexity index is 174. The summed E-state index contributed by atoms with van der Waals surface area (Å²) in [6, 6.07) is 0. The quantitative estimate of drug-likeness (QED) is 0.823. The Morgan fingerprint density at radius 1 is 0.833 bits per heavy atom. The summed E-state index contributed by atoms with van der Waals surface area (Å²) >= 11 is 6.44. The van der Waals surface area contributed by atoms with Gasteiger partial charge in [-0.15, -0.1) is 0 Å². The molecule has 0 aliphatic rings. The molecule has 12 heavy (non-hydrogen) atoms. The van der Waals surface area contributed by atoms with Gasteiger partial charge >= 0.3 is 0 Å². The zero-order chi connectivity index (χ0) is 10.2. The van der Waals surface area contributed by atoms with Crippen molar-refractivity contribution in [2.75, 3.05) is 0 Å². The van der Waals surface area contributed by atoms with Crippen LogP contribution in [0.3, 0.4) is 0 Å². The Kier molecular flexibility index (Phi) is 3.98. The molecule has 0 unspecified atom stereocenters. The van der Waals surface area contributed by atoms with Gasteiger partial charge in [0.1, 0.15) is 0 Å². The van der Waals surface area contributed by atoms with Crippen molar-refractivity contribution in [1.82, 2.24) is 0 Å². The Balaban J connectivity index is 4.96. The zero-order valence-corrected chi connectivity index (χ0v) is 10.8. The van der Waals surface area contributed by atoms with Gasteiger partial charge in [0, 0.05) is 8.96 Å². The van der Waals surface area contributed by atoms with E-state index >= 15 is 0 Å². The average molecular weight is 302 g/mol. The predicted molar refractivity (Wildman–Crippen MR) is 57.5 cm³/mol. The van der Waals surface area contributed by atoms with E-state index in [4.69, 9.17) is 0 Å². The highest BCUT2D eigenvalue weighted by molar-refractivity contribution is 9.14. The lowest BCUT2D eigenvalue weighted by Gasteiger charge is -2.24. The number of hydrogen-bond donors (Lipinski definition) is 2. The first-order valence-electron chi connectivity index (χ1n) is 3.58. The SMILES string of the molecule is CC(C)(O)/C(Br)=C(/Br)C(C)(C)O. The van der Waals surface area contributed by atoms with Crippen LogP contribution >= 0.6 is 31.9 Å². The second-order valence-corrected chi connectivity index (χ2v) is 5.33. The fourth-order valence-electron chi connectivity index (χ4n) is 0.537. The summed E-state index contributed by atoms with van der Waals surface area (Å²) < 4.78 is 1.12. The van der Waals surface area contributed by atoms with Gasteiger partial charge in [0.15, 0.2) is 0 Å². The number of halogens is 2. The number of hydrogen-bond acceptors (Lipinski definition) is 2. The van der Waals surface area contributed by atoms with Gasteiger partial charge < -0.3 is 10.2 Å². The van der Waals surface area contributed by atoms with E-state index in [-0.39, 0.29) is 0 Å². The summed E-state index contributed by atoms with van der Waals surface area (Å²) in [7, 11) is 0. The van der Waals surface area contributed by atoms with E-state index in [1.165, 1.54) is 0 Å². The summed E-state index contributed by atoms with van der Waals surface area (Å²) in [6.45, 7) is 6.57. The van der Waals surface area contributed by atoms with Crippen LogP contribution in [0.4, 0.5) is 0 Å². The minimum absolute atomic E-state index is 0.558. The molecule has 0 aromatic rings. The van der Waals surface area contributed by atoms with Crippen LogP contribution in [0.2, 0.25) is 0 Å². The van der Waals surface area contributed by atoms with E-state index < -0.39 is 11.2 Å². The smallest absolute Gasteiger partial charge is 0.0913 e. The molecular formula is C8H14Br2O2. The van der Waals surface area contributed by atoms with Crippen molar-refractivity contribution in [1.29, 1.82) is 0 Å². The number of rotatable bonds is 2. The molecular weight excluding hydrogens is 288 g/mol. The van der Waals surface area contributed by atoms with E-state index in [2.05, 4.69) is 31.9 Å². The highest BCUT2D eigenvalue weighted by Gasteiger charge is 2.27. The van der Waals surface area contributed by atoms with Gasteiger partial charge in [0.25, 0.3) is 0 Å². The topological polar surface area (TPSA) is 40.5 Å². The maximum atomic E-state index is 9.57. The molecule has 0 saturated heterocycles. The molecule has 0 fully saturated rings. The third kappa shape index (κ3) is 3.56. The summed E-state index contributed by atoms with van der Waals surface area (Å²) in [5.74, 6) is 0. The van der Waals surface area contributed by atoms with Crippen molar-refractivity contribution in [3.63, 3.8) is 0 Å². The molecule has 0 aliphatic carbocycles. The van der Waals surface area contributed by atoms with E-state index in [1.54, 1.807) is 27.7 Å². The summed E-state index contributed by atoms with van der Waals surface area (Å²) in [4.78, 5) is 0. The van der Waals surface area contributed by atoms with Gasteiger partial charge in [-0.05, 0) is 27.7 Å². The Morgan fingerprint density at radius 2 is 1.00 bits per heavy atom. The molecule has 72 valence electrons. The van der Waals surface area contributed by atoms with Crippen LogP contribution in [0.5, 0.6) is 0 Å². The minimum atomic E-state index is -0.973. The maximum Gasteiger partial charge on any atom is 0.0913 e. The fraction of sp³-hybridized carbons (Fsp3) is 0.750. The van der Waals surface area contributed by atoms with Gasteiger partial charge in [-0.1, -0.05) is 31.9 Å². The second kappa shape index (κ2) is 3.78. The van der Waals surface area contributed by atoms with Crippen LogP contribution in [0.1, 0.15) is 27.7 Å². The number of aliphatic hydroxyl groups is 2. The lowest BCUT2D eigenvalue weighted by Crippen LogP contribution is -2.26. The van der Waals surface area contributed by atoms with Crippen LogP contribution in [0.15, 0.2) is 8.96 Å². The van der Waals surface area contributed by atoms with Crippen molar-refractivity contribution >= 4 is 31.9 Å². The third-order valence-electron chi connectivity index (χ3n) is 1.27. The highest BCUT2D eigenvalue weighted by Crippen LogP contribution is 2.34. The Morgan fingerprint density at radius 3 is 1.08 bits per heavy atom. The third-order valence-corrected chi connectivity index (χ3v) is 4.53. The highest BCUT2D eigenvalue weighted by atomic mass is 79.9. The lowest BCUT2D eigenvalue weighted by atomic mass is 10.0.